The van der Waals surface area contributed by atoms with Gasteiger partial charge in [0.2, 0.25) is 0 Å². The molecule has 0 atom stereocenters. The monoisotopic (exact) mass is 287 g/mol. The average Bonchev–Trinajstić information content (AvgIpc) is 2.37. The smallest absolute Gasteiger partial charge is 0.369 e. The van der Waals surface area contributed by atoms with E-state index in [2.05, 4.69) is 0 Å². The van der Waals surface area contributed by atoms with Gasteiger partial charge in [0.25, 0.3) is 0 Å². The van der Waals surface area contributed by atoms with Crippen molar-refractivity contribution < 1.29 is 17.6 Å². The maximum absolute atomic E-state index is 13.3. The molecule has 0 saturated carbocycles. The van der Waals surface area contributed by atoms with Crippen LogP contribution in [0.2, 0.25) is 0 Å². The van der Waals surface area contributed by atoms with Gasteiger partial charge in [0.05, 0.1) is 18.2 Å². The molecule has 1 aliphatic rings. The highest BCUT2D eigenvalue weighted by atomic mass is 19.4. The maximum atomic E-state index is 13.3. The second kappa shape index (κ2) is 5.67. The van der Waals surface area contributed by atoms with Crippen molar-refractivity contribution in [2.75, 3.05) is 37.6 Å². The molecule has 1 aromatic carbocycles. The van der Waals surface area contributed by atoms with Crippen molar-refractivity contribution in [3.63, 3.8) is 0 Å². The quantitative estimate of drug-likeness (QED) is 0.782. The molecule has 0 unspecified atom stereocenters. The van der Waals surface area contributed by atoms with Gasteiger partial charge in [-0.2, -0.15) is 18.4 Å². The number of alkyl halides is 3. The van der Waals surface area contributed by atoms with Crippen molar-refractivity contribution in [3.05, 3.63) is 29.6 Å². The Morgan fingerprint density at radius 3 is 2.30 bits per heavy atom. The van der Waals surface area contributed by atoms with E-state index in [4.69, 9.17) is 5.26 Å². The molecule has 1 saturated heterocycles. The number of rotatable bonds is 2. The summed E-state index contributed by atoms with van der Waals surface area (Å²) in [4.78, 5) is 3.11. The van der Waals surface area contributed by atoms with Crippen molar-refractivity contribution in [2.45, 2.75) is 6.18 Å². The number of anilines is 1. The lowest BCUT2D eigenvalue weighted by Gasteiger charge is -2.36. The van der Waals surface area contributed by atoms with Gasteiger partial charge in [-0.3, -0.25) is 4.90 Å². The van der Waals surface area contributed by atoms with Crippen molar-refractivity contribution >= 4 is 5.69 Å². The number of nitriles is 1. The molecule has 20 heavy (non-hydrogen) atoms. The minimum Gasteiger partial charge on any atom is -0.369 e. The van der Waals surface area contributed by atoms with Crippen molar-refractivity contribution in [1.29, 1.82) is 5.26 Å². The fourth-order valence-electron chi connectivity index (χ4n) is 2.24. The lowest BCUT2D eigenvalue weighted by molar-refractivity contribution is -0.146. The highest BCUT2D eigenvalue weighted by Crippen LogP contribution is 2.22. The average molecular weight is 287 g/mol. The number of hydrogen-bond acceptors (Lipinski definition) is 3. The van der Waals surface area contributed by atoms with Crippen molar-refractivity contribution in [3.8, 4) is 6.07 Å². The molecular weight excluding hydrogens is 274 g/mol. The van der Waals surface area contributed by atoms with Crippen LogP contribution in [-0.2, 0) is 0 Å². The molecule has 0 bridgehead atoms. The number of halogens is 4. The van der Waals surface area contributed by atoms with E-state index in [-0.39, 0.29) is 18.7 Å². The highest BCUT2D eigenvalue weighted by Gasteiger charge is 2.32. The van der Waals surface area contributed by atoms with E-state index in [0.29, 0.717) is 18.8 Å². The van der Waals surface area contributed by atoms with Crippen LogP contribution in [0.1, 0.15) is 5.56 Å². The topological polar surface area (TPSA) is 30.3 Å². The van der Waals surface area contributed by atoms with Gasteiger partial charge < -0.3 is 4.90 Å². The van der Waals surface area contributed by atoms with E-state index >= 15 is 0 Å². The van der Waals surface area contributed by atoms with Gasteiger partial charge >= 0.3 is 6.18 Å². The summed E-state index contributed by atoms with van der Waals surface area (Å²) in [5.41, 5.74) is 0.742. The van der Waals surface area contributed by atoms with Crippen LogP contribution in [0.3, 0.4) is 0 Å². The summed E-state index contributed by atoms with van der Waals surface area (Å²) in [6, 6.07) is 5.83. The lowest BCUT2D eigenvalue weighted by atomic mass is 10.1. The number of hydrogen-bond donors (Lipinski definition) is 0. The molecule has 0 amide bonds. The van der Waals surface area contributed by atoms with E-state index in [1.807, 2.05) is 6.07 Å². The summed E-state index contributed by atoms with van der Waals surface area (Å²) >= 11 is 0. The first-order chi connectivity index (χ1) is 9.37. The molecule has 1 aromatic rings. The van der Waals surface area contributed by atoms with Crippen LogP contribution in [0.4, 0.5) is 23.2 Å². The molecule has 0 N–H and O–H groups in total. The van der Waals surface area contributed by atoms with Crippen LogP contribution in [0, 0.1) is 17.1 Å². The van der Waals surface area contributed by atoms with E-state index in [9.17, 15) is 17.6 Å². The van der Waals surface area contributed by atoms with Gasteiger partial charge in [-0.25, -0.2) is 4.39 Å². The highest BCUT2D eigenvalue weighted by molar-refractivity contribution is 5.52. The Balaban J connectivity index is 2.01. The fraction of sp³-hybridized carbons (Fsp3) is 0.462. The van der Waals surface area contributed by atoms with Crippen molar-refractivity contribution in [2.24, 2.45) is 0 Å². The predicted molar refractivity (Wildman–Crippen MR) is 65.8 cm³/mol. The third kappa shape index (κ3) is 3.84. The minimum atomic E-state index is -4.20. The largest absolute Gasteiger partial charge is 0.401 e. The lowest BCUT2D eigenvalue weighted by Crippen LogP contribution is -2.49. The normalized spacial score (nSPS) is 17.1. The molecule has 0 aliphatic carbocycles. The Morgan fingerprint density at radius 2 is 1.75 bits per heavy atom. The summed E-state index contributed by atoms with van der Waals surface area (Å²) in [5, 5.41) is 8.79. The molecule has 1 fully saturated rings. The zero-order valence-electron chi connectivity index (χ0n) is 10.6. The van der Waals surface area contributed by atoms with Gasteiger partial charge in [-0.15, -0.1) is 0 Å². The van der Waals surface area contributed by atoms with Gasteiger partial charge in [0.1, 0.15) is 5.82 Å². The molecular formula is C13H13F4N3. The Morgan fingerprint density at radius 1 is 1.10 bits per heavy atom. The summed E-state index contributed by atoms with van der Waals surface area (Å²) in [6.07, 6.45) is -4.20. The molecule has 108 valence electrons. The summed E-state index contributed by atoms with van der Waals surface area (Å²) < 4.78 is 50.1. The van der Waals surface area contributed by atoms with Crippen molar-refractivity contribution in [1.82, 2.24) is 4.90 Å². The molecule has 1 aliphatic heterocycles. The molecule has 2 rings (SSSR count). The standard InChI is InChI=1S/C13H13F4N3/c14-11-5-10(8-18)6-12(7-11)20-3-1-19(2-4-20)9-13(15,16)17/h5-7H,1-4,9H2. The third-order valence-electron chi connectivity index (χ3n) is 3.15. The van der Waals surface area contributed by atoms with Gasteiger partial charge in [-0.05, 0) is 18.2 Å². The fourth-order valence-corrected chi connectivity index (χ4v) is 2.24. The molecule has 3 nitrogen and oxygen atoms in total. The van der Waals surface area contributed by atoms with Crippen LogP contribution in [0.25, 0.3) is 0 Å². The van der Waals surface area contributed by atoms with Crippen LogP contribution in [0.15, 0.2) is 18.2 Å². The molecule has 0 radical (unpaired) electrons. The Kier molecular flexibility index (Phi) is 4.14. The molecule has 0 spiro atoms. The molecule has 0 aromatic heterocycles. The van der Waals surface area contributed by atoms with Crippen LogP contribution in [0.5, 0.6) is 0 Å². The number of piperazine rings is 1. The van der Waals surface area contributed by atoms with E-state index in [1.54, 1.807) is 11.0 Å². The zero-order valence-corrected chi connectivity index (χ0v) is 10.6. The van der Waals surface area contributed by atoms with Gasteiger partial charge in [-0.1, -0.05) is 0 Å². The first-order valence-electron chi connectivity index (χ1n) is 6.12. The number of benzene rings is 1. The summed E-state index contributed by atoms with van der Waals surface area (Å²) in [5.74, 6) is -0.517. The van der Waals surface area contributed by atoms with E-state index in [0.717, 1.165) is 6.07 Å². The third-order valence-corrected chi connectivity index (χ3v) is 3.15. The van der Waals surface area contributed by atoms with Crippen LogP contribution in [-0.4, -0.2) is 43.8 Å². The van der Waals surface area contributed by atoms with Gasteiger partial charge in [0, 0.05) is 31.9 Å². The summed E-state index contributed by atoms with van der Waals surface area (Å²) in [7, 11) is 0. The number of nitrogens with zero attached hydrogens (tertiary/aromatic N) is 3. The maximum Gasteiger partial charge on any atom is 0.401 e. The van der Waals surface area contributed by atoms with Crippen LogP contribution >= 0.6 is 0 Å². The Hall–Kier alpha value is -1.81. The zero-order chi connectivity index (χ0) is 14.8. The second-order valence-electron chi connectivity index (χ2n) is 4.69. The SMILES string of the molecule is N#Cc1cc(F)cc(N2CCN(CC(F)(F)F)CC2)c1. The van der Waals surface area contributed by atoms with E-state index < -0.39 is 18.5 Å². The molecule has 7 heteroatoms. The minimum absolute atomic E-state index is 0.206. The van der Waals surface area contributed by atoms with Gasteiger partial charge in [0.15, 0.2) is 0 Å². The first kappa shape index (κ1) is 14.6. The van der Waals surface area contributed by atoms with E-state index in [1.165, 1.54) is 11.0 Å². The Labute approximate surface area is 114 Å². The summed E-state index contributed by atoms with van der Waals surface area (Å²) in [6.45, 7) is 0.359. The first-order valence-corrected chi connectivity index (χ1v) is 6.12. The molecule has 1 heterocycles. The van der Waals surface area contributed by atoms with Crippen LogP contribution < -0.4 is 4.90 Å². The second-order valence-corrected chi connectivity index (χ2v) is 4.69. The Bertz CT molecular complexity index is 513. The predicted octanol–water partition coefficient (Wildman–Crippen LogP) is 2.38.